The Balaban J connectivity index is 2.20. The predicted molar refractivity (Wildman–Crippen MR) is 74.6 cm³/mol. The number of benzene rings is 1. The van der Waals surface area contributed by atoms with Crippen LogP contribution in [-0.2, 0) is 14.3 Å². The van der Waals surface area contributed by atoms with Gasteiger partial charge in [-0.15, -0.1) is 0 Å². The number of aliphatic hydroxyl groups excluding tert-OH is 1. The van der Waals surface area contributed by atoms with Crippen molar-refractivity contribution in [3.8, 4) is 0 Å². The number of aromatic amines is 1. The highest BCUT2D eigenvalue weighted by Gasteiger charge is 2.13. The summed E-state index contributed by atoms with van der Waals surface area (Å²) >= 11 is 2.12. The molecule has 0 aliphatic heterocycles. The SMILES string of the molecule is CS(=O)(=O)OC[C@@H](O)c1ccc2c(I)[nH]nc2c1. The lowest BCUT2D eigenvalue weighted by Crippen LogP contribution is -2.11. The van der Waals surface area contributed by atoms with E-state index in [2.05, 4.69) is 37.0 Å². The van der Waals surface area contributed by atoms with E-state index in [1.54, 1.807) is 12.1 Å². The number of rotatable bonds is 4. The predicted octanol–water partition coefficient (Wildman–Crippen LogP) is 1.18. The lowest BCUT2D eigenvalue weighted by atomic mass is 10.1. The Morgan fingerprint density at radius 2 is 2.28 bits per heavy atom. The quantitative estimate of drug-likeness (QED) is 0.612. The molecule has 0 fully saturated rings. The molecule has 2 N–H and O–H groups in total. The Labute approximate surface area is 118 Å². The highest BCUT2D eigenvalue weighted by Crippen LogP contribution is 2.22. The molecule has 6 nitrogen and oxygen atoms in total. The fourth-order valence-electron chi connectivity index (χ4n) is 1.49. The van der Waals surface area contributed by atoms with E-state index in [1.165, 1.54) is 0 Å². The third kappa shape index (κ3) is 3.19. The summed E-state index contributed by atoms with van der Waals surface area (Å²) < 4.78 is 27.1. The van der Waals surface area contributed by atoms with E-state index in [4.69, 9.17) is 0 Å². The Morgan fingerprint density at radius 1 is 1.56 bits per heavy atom. The normalized spacial score (nSPS) is 13.9. The van der Waals surface area contributed by atoms with Gasteiger partial charge in [-0.1, -0.05) is 6.07 Å². The molecule has 0 saturated carbocycles. The van der Waals surface area contributed by atoms with Crippen LogP contribution in [0.1, 0.15) is 11.7 Å². The van der Waals surface area contributed by atoms with Crippen molar-refractivity contribution < 1.29 is 17.7 Å². The summed E-state index contributed by atoms with van der Waals surface area (Å²) in [6.07, 6.45) is -0.0580. The van der Waals surface area contributed by atoms with E-state index >= 15 is 0 Å². The number of aliphatic hydroxyl groups is 1. The second-order valence-electron chi connectivity index (χ2n) is 3.82. The second-order valence-corrected chi connectivity index (χ2v) is 6.54. The molecule has 0 radical (unpaired) electrons. The van der Waals surface area contributed by atoms with Crippen molar-refractivity contribution in [1.29, 1.82) is 0 Å². The first kappa shape index (κ1) is 13.7. The number of fused-ring (bicyclic) bond motifs is 1. The van der Waals surface area contributed by atoms with E-state index in [1.807, 2.05) is 6.07 Å². The number of H-pyrrole nitrogens is 1. The molecule has 2 rings (SSSR count). The van der Waals surface area contributed by atoms with Gasteiger partial charge in [-0.3, -0.25) is 9.28 Å². The van der Waals surface area contributed by atoms with Crippen LogP contribution in [0.3, 0.4) is 0 Å². The summed E-state index contributed by atoms with van der Waals surface area (Å²) in [5.74, 6) is 0. The highest BCUT2D eigenvalue weighted by atomic mass is 127. The number of hydrogen-bond acceptors (Lipinski definition) is 5. The Bertz CT molecular complexity index is 668. The van der Waals surface area contributed by atoms with Gasteiger partial charge in [-0.25, -0.2) is 0 Å². The fraction of sp³-hybridized carbons (Fsp3) is 0.300. The number of aromatic nitrogens is 2. The number of hydrogen-bond donors (Lipinski definition) is 2. The summed E-state index contributed by atoms with van der Waals surface area (Å²) in [5, 5.41) is 17.7. The van der Waals surface area contributed by atoms with Gasteiger partial charge in [0.25, 0.3) is 10.1 Å². The maximum Gasteiger partial charge on any atom is 0.264 e. The van der Waals surface area contributed by atoms with Crippen molar-refractivity contribution >= 4 is 43.6 Å². The molecular formula is C10H11IN2O4S. The van der Waals surface area contributed by atoms with Crippen LogP contribution in [0, 0.1) is 3.70 Å². The van der Waals surface area contributed by atoms with Gasteiger partial charge in [0.05, 0.1) is 18.4 Å². The van der Waals surface area contributed by atoms with Crippen molar-refractivity contribution in [3.63, 3.8) is 0 Å². The molecule has 0 aliphatic rings. The van der Waals surface area contributed by atoms with Gasteiger partial charge in [0.1, 0.15) is 9.80 Å². The average molecular weight is 382 g/mol. The summed E-state index contributed by atoms with van der Waals surface area (Å²) in [6, 6.07) is 5.24. The van der Waals surface area contributed by atoms with Crippen molar-refractivity contribution in [2.45, 2.75) is 6.10 Å². The summed E-state index contributed by atoms with van der Waals surface area (Å²) in [4.78, 5) is 0. The van der Waals surface area contributed by atoms with Gasteiger partial charge in [0.2, 0.25) is 0 Å². The molecule has 0 spiro atoms. The van der Waals surface area contributed by atoms with Gasteiger partial charge >= 0.3 is 0 Å². The minimum atomic E-state index is -3.55. The zero-order valence-electron chi connectivity index (χ0n) is 9.42. The Kier molecular flexibility index (Phi) is 3.90. The summed E-state index contributed by atoms with van der Waals surface area (Å²) in [5.41, 5.74) is 1.28. The first-order valence-electron chi connectivity index (χ1n) is 5.03. The van der Waals surface area contributed by atoms with Gasteiger partial charge in [0, 0.05) is 5.39 Å². The molecule has 8 heteroatoms. The van der Waals surface area contributed by atoms with Crippen LogP contribution >= 0.6 is 22.6 Å². The monoisotopic (exact) mass is 382 g/mol. The molecule has 18 heavy (non-hydrogen) atoms. The summed E-state index contributed by atoms with van der Waals surface area (Å²) in [6.45, 7) is -0.300. The lowest BCUT2D eigenvalue weighted by Gasteiger charge is -2.10. The van der Waals surface area contributed by atoms with E-state index in [9.17, 15) is 13.5 Å². The Morgan fingerprint density at radius 3 is 2.94 bits per heavy atom. The standard InChI is InChI=1S/C10H11IN2O4S/c1-18(15,16)17-5-9(14)6-2-3-7-8(4-6)12-13-10(7)11/h2-4,9,14H,5H2,1H3,(H,12,13)/t9-/m1/s1. The lowest BCUT2D eigenvalue weighted by molar-refractivity contribution is 0.112. The average Bonchev–Trinajstić information content (AvgIpc) is 2.66. The fourth-order valence-corrected chi connectivity index (χ4v) is 2.44. The van der Waals surface area contributed by atoms with Crippen LogP contribution in [0.2, 0.25) is 0 Å². The number of nitrogens with one attached hydrogen (secondary N) is 1. The van der Waals surface area contributed by atoms with Crippen LogP contribution in [0.5, 0.6) is 0 Å². The zero-order valence-corrected chi connectivity index (χ0v) is 12.4. The van der Waals surface area contributed by atoms with Gasteiger partial charge in [-0.05, 0) is 40.3 Å². The maximum absolute atomic E-state index is 10.8. The Hall–Kier alpha value is -0.710. The number of nitrogens with zero attached hydrogens (tertiary/aromatic N) is 1. The molecule has 1 atom stereocenters. The van der Waals surface area contributed by atoms with Gasteiger partial charge < -0.3 is 5.11 Å². The second kappa shape index (κ2) is 5.11. The number of halogens is 1. The van der Waals surface area contributed by atoms with Crippen LogP contribution in [0.15, 0.2) is 18.2 Å². The van der Waals surface area contributed by atoms with Crippen molar-refractivity contribution in [1.82, 2.24) is 10.2 Å². The van der Waals surface area contributed by atoms with Crippen LogP contribution in [-0.4, -0.2) is 36.6 Å². The maximum atomic E-state index is 10.8. The largest absolute Gasteiger partial charge is 0.386 e. The van der Waals surface area contributed by atoms with Crippen LogP contribution in [0.25, 0.3) is 10.9 Å². The minimum Gasteiger partial charge on any atom is -0.386 e. The molecule has 98 valence electrons. The van der Waals surface area contributed by atoms with E-state index < -0.39 is 16.2 Å². The third-order valence-electron chi connectivity index (χ3n) is 2.36. The van der Waals surface area contributed by atoms with Crippen molar-refractivity contribution in [2.75, 3.05) is 12.9 Å². The minimum absolute atomic E-state index is 0.300. The molecule has 0 unspecified atom stereocenters. The molecule has 1 aromatic heterocycles. The smallest absolute Gasteiger partial charge is 0.264 e. The highest BCUT2D eigenvalue weighted by molar-refractivity contribution is 14.1. The van der Waals surface area contributed by atoms with Gasteiger partial charge in [-0.2, -0.15) is 13.5 Å². The van der Waals surface area contributed by atoms with Crippen molar-refractivity contribution in [2.24, 2.45) is 0 Å². The van der Waals surface area contributed by atoms with Crippen LogP contribution in [0.4, 0.5) is 0 Å². The molecule has 0 saturated heterocycles. The first-order chi connectivity index (χ1) is 8.37. The summed E-state index contributed by atoms with van der Waals surface area (Å²) in [7, 11) is -3.55. The topological polar surface area (TPSA) is 92.3 Å². The van der Waals surface area contributed by atoms with E-state index in [0.717, 1.165) is 20.9 Å². The molecular weight excluding hydrogens is 371 g/mol. The first-order valence-corrected chi connectivity index (χ1v) is 7.92. The molecule has 1 aromatic carbocycles. The van der Waals surface area contributed by atoms with E-state index in [-0.39, 0.29) is 6.61 Å². The van der Waals surface area contributed by atoms with Crippen LogP contribution < -0.4 is 0 Å². The molecule has 0 amide bonds. The molecule has 0 bridgehead atoms. The molecule has 0 aliphatic carbocycles. The zero-order chi connectivity index (χ0) is 13.3. The van der Waals surface area contributed by atoms with Crippen molar-refractivity contribution in [3.05, 3.63) is 27.5 Å². The van der Waals surface area contributed by atoms with E-state index in [0.29, 0.717) is 5.56 Å². The van der Waals surface area contributed by atoms with Gasteiger partial charge in [0.15, 0.2) is 0 Å². The molecule has 2 aromatic rings. The third-order valence-corrected chi connectivity index (χ3v) is 3.74. The molecule has 1 heterocycles.